The Morgan fingerprint density at radius 2 is 1.95 bits per heavy atom. The van der Waals surface area contributed by atoms with Crippen LogP contribution in [-0.2, 0) is 0 Å². The highest BCUT2D eigenvalue weighted by molar-refractivity contribution is 6.03. The molecule has 0 saturated heterocycles. The summed E-state index contributed by atoms with van der Waals surface area (Å²) in [6.45, 7) is 2.32. The van der Waals surface area contributed by atoms with Crippen LogP contribution in [0.4, 0.5) is 20.3 Å². The summed E-state index contributed by atoms with van der Waals surface area (Å²) in [6, 6.07) is 1.96. The van der Waals surface area contributed by atoms with E-state index >= 15 is 0 Å². The maximum atomic E-state index is 13.8. The molecule has 0 aliphatic carbocycles. The minimum atomic E-state index is -0.812. The van der Waals surface area contributed by atoms with Gasteiger partial charge in [0.05, 0.1) is 6.20 Å². The van der Waals surface area contributed by atoms with Crippen LogP contribution < -0.4 is 10.6 Å². The van der Waals surface area contributed by atoms with Crippen molar-refractivity contribution in [2.24, 2.45) is 0 Å². The number of benzene rings is 1. The Hall–Kier alpha value is -2.57. The molecule has 0 fully saturated rings. The molecule has 0 aliphatic rings. The van der Waals surface area contributed by atoms with Gasteiger partial charge in [0, 0.05) is 24.5 Å². The van der Waals surface area contributed by atoms with Crippen LogP contribution in [-0.4, -0.2) is 22.4 Å². The average Bonchev–Trinajstić information content (AvgIpc) is 2.47. The minimum absolute atomic E-state index is 0.127. The van der Waals surface area contributed by atoms with Gasteiger partial charge in [0.25, 0.3) is 5.91 Å². The molecule has 0 atom stereocenters. The van der Waals surface area contributed by atoms with Gasteiger partial charge in [0.1, 0.15) is 17.3 Å². The summed E-state index contributed by atoms with van der Waals surface area (Å²) in [5.41, 5.74) is -0.356. The highest BCUT2D eigenvalue weighted by Crippen LogP contribution is 2.21. The molecule has 0 unspecified atom stereocenters. The van der Waals surface area contributed by atoms with Crippen LogP contribution in [0.15, 0.2) is 30.7 Å². The van der Waals surface area contributed by atoms with Crippen LogP contribution in [0.5, 0.6) is 0 Å². The number of anilines is 2. The van der Waals surface area contributed by atoms with Gasteiger partial charge in [0.15, 0.2) is 5.82 Å². The molecular formula is C14H14F2N4O. The summed E-state index contributed by atoms with van der Waals surface area (Å²) in [5, 5.41) is 5.05. The lowest BCUT2D eigenvalue weighted by Crippen LogP contribution is -2.15. The molecule has 0 saturated carbocycles. The Morgan fingerprint density at radius 3 is 2.52 bits per heavy atom. The third-order valence-electron chi connectivity index (χ3n) is 2.66. The third kappa shape index (κ3) is 3.71. The lowest BCUT2D eigenvalue weighted by Gasteiger charge is -2.10. The van der Waals surface area contributed by atoms with Crippen molar-refractivity contribution in [3.63, 3.8) is 0 Å². The number of hydrogen-bond acceptors (Lipinski definition) is 4. The first-order chi connectivity index (χ1) is 10.1. The van der Waals surface area contributed by atoms with E-state index in [1.54, 1.807) is 0 Å². The molecule has 0 spiro atoms. The zero-order chi connectivity index (χ0) is 15.2. The van der Waals surface area contributed by atoms with Crippen LogP contribution >= 0.6 is 0 Å². The zero-order valence-electron chi connectivity index (χ0n) is 11.4. The van der Waals surface area contributed by atoms with Crippen molar-refractivity contribution < 1.29 is 13.6 Å². The van der Waals surface area contributed by atoms with Crippen molar-refractivity contribution in [2.45, 2.75) is 13.3 Å². The molecule has 7 heteroatoms. The van der Waals surface area contributed by atoms with Gasteiger partial charge in [-0.05, 0) is 18.6 Å². The Bertz CT molecular complexity index is 611. The summed E-state index contributed by atoms with van der Waals surface area (Å²) in [4.78, 5) is 19.5. The van der Waals surface area contributed by atoms with Crippen molar-refractivity contribution >= 4 is 17.4 Å². The molecule has 2 rings (SSSR count). The lowest BCUT2D eigenvalue weighted by atomic mass is 10.1. The number of amides is 1. The number of nitrogens with one attached hydrogen (secondary N) is 2. The monoisotopic (exact) mass is 292 g/mol. The number of nitrogens with zero attached hydrogens (tertiary/aromatic N) is 2. The van der Waals surface area contributed by atoms with Gasteiger partial charge in [-0.1, -0.05) is 6.92 Å². The van der Waals surface area contributed by atoms with Gasteiger partial charge < -0.3 is 10.6 Å². The second kappa shape index (κ2) is 6.74. The molecule has 0 aliphatic heterocycles. The Balaban J connectivity index is 2.19. The van der Waals surface area contributed by atoms with Crippen molar-refractivity contribution in [2.75, 3.05) is 17.2 Å². The zero-order valence-corrected chi connectivity index (χ0v) is 11.4. The van der Waals surface area contributed by atoms with E-state index in [2.05, 4.69) is 20.6 Å². The molecule has 21 heavy (non-hydrogen) atoms. The topological polar surface area (TPSA) is 66.9 Å². The van der Waals surface area contributed by atoms with E-state index in [0.717, 1.165) is 18.6 Å². The molecule has 1 amide bonds. The van der Waals surface area contributed by atoms with E-state index in [9.17, 15) is 13.6 Å². The van der Waals surface area contributed by atoms with E-state index in [1.165, 1.54) is 18.6 Å². The summed E-state index contributed by atoms with van der Waals surface area (Å²) < 4.78 is 27.6. The third-order valence-corrected chi connectivity index (χ3v) is 2.66. The number of carbonyl (C=O) groups excluding carboxylic acids is 1. The Labute approximate surface area is 120 Å². The standard InChI is InChI=1S/C14H14F2N4O/c1-2-3-19-13-10(15)6-9(7-11(13)16)14(21)20-12-8-17-4-5-18-12/h4-8,19H,2-3H2,1H3,(H,18,20,21). The fraction of sp³-hybridized carbons (Fsp3) is 0.214. The van der Waals surface area contributed by atoms with Gasteiger partial charge in [-0.15, -0.1) is 0 Å². The molecule has 1 aromatic carbocycles. The molecule has 110 valence electrons. The SMILES string of the molecule is CCCNc1c(F)cc(C(=O)Nc2cnccn2)cc1F. The van der Waals surface area contributed by atoms with Gasteiger partial charge in [-0.2, -0.15) is 0 Å². The second-order valence-corrected chi connectivity index (χ2v) is 4.29. The second-order valence-electron chi connectivity index (χ2n) is 4.29. The number of halogens is 2. The van der Waals surface area contributed by atoms with E-state index < -0.39 is 17.5 Å². The smallest absolute Gasteiger partial charge is 0.257 e. The predicted molar refractivity (Wildman–Crippen MR) is 75.1 cm³/mol. The maximum absolute atomic E-state index is 13.8. The van der Waals surface area contributed by atoms with E-state index in [0.29, 0.717) is 6.54 Å². The molecule has 5 nitrogen and oxygen atoms in total. The summed E-state index contributed by atoms with van der Waals surface area (Å²) >= 11 is 0. The fourth-order valence-electron chi connectivity index (χ4n) is 1.68. The average molecular weight is 292 g/mol. The van der Waals surface area contributed by atoms with Crippen molar-refractivity contribution in [3.05, 3.63) is 47.9 Å². The molecular weight excluding hydrogens is 278 g/mol. The van der Waals surface area contributed by atoms with Crippen molar-refractivity contribution in [1.82, 2.24) is 9.97 Å². The van der Waals surface area contributed by atoms with Crippen LogP contribution in [0, 0.1) is 11.6 Å². The highest BCUT2D eigenvalue weighted by Gasteiger charge is 2.15. The molecule has 0 radical (unpaired) electrons. The quantitative estimate of drug-likeness (QED) is 0.889. The summed E-state index contributed by atoms with van der Waals surface area (Å²) in [6.07, 6.45) is 4.91. The fourth-order valence-corrected chi connectivity index (χ4v) is 1.68. The first-order valence-electron chi connectivity index (χ1n) is 6.42. The predicted octanol–water partition coefficient (Wildman–Crippen LogP) is 2.83. The van der Waals surface area contributed by atoms with E-state index in [-0.39, 0.29) is 17.1 Å². The molecule has 1 aromatic heterocycles. The first kappa shape index (κ1) is 14.8. The summed E-state index contributed by atoms with van der Waals surface area (Å²) in [7, 11) is 0. The van der Waals surface area contributed by atoms with Crippen molar-refractivity contribution in [1.29, 1.82) is 0 Å². The van der Waals surface area contributed by atoms with Crippen LogP contribution in [0.1, 0.15) is 23.7 Å². The number of aromatic nitrogens is 2. The van der Waals surface area contributed by atoms with E-state index in [1.807, 2.05) is 6.92 Å². The number of carbonyl (C=O) groups is 1. The Kier molecular flexibility index (Phi) is 4.76. The molecule has 2 aromatic rings. The normalized spacial score (nSPS) is 10.2. The van der Waals surface area contributed by atoms with E-state index in [4.69, 9.17) is 0 Å². The lowest BCUT2D eigenvalue weighted by molar-refractivity contribution is 0.102. The Morgan fingerprint density at radius 1 is 1.24 bits per heavy atom. The highest BCUT2D eigenvalue weighted by atomic mass is 19.1. The number of rotatable bonds is 5. The molecule has 2 N–H and O–H groups in total. The maximum Gasteiger partial charge on any atom is 0.257 e. The van der Waals surface area contributed by atoms with Gasteiger partial charge in [0.2, 0.25) is 0 Å². The summed E-state index contributed by atoms with van der Waals surface area (Å²) in [5.74, 6) is -2.08. The van der Waals surface area contributed by atoms with Crippen LogP contribution in [0.3, 0.4) is 0 Å². The molecule has 1 heterocycles. The van der Waals surface area contributed by atoms with Crippen LogP contribution in [0.25, 0.3) is 0 Å². The largest absolute Gasteiger partial charge is 0.380 e. The van der Waals surface area contributed by atoms with Gasteiger partial charge in [-0.25, -0.2) is 13.8 Å². The minimum Gasteiger partial charge on any atom is -0.380 e. The van der Waals surface area contributed by atoms with Crippen molar-refractivity contribution in [3.8, 4) is 0 Å². The van der Waals surface area contributed by atoms with Crippen LogP contribution in [0.2, 0.25) is 0 Å². The van der Waals surface area contributed by atoms with Gasteiger partial charge >= 0.3 is 0 Å². The number of hydrogen-bond donors (Lipinski definition) is 2. The van der Waals surface area contributed by atoms with Gasteiger partial charge in [-0.3, -0.25) is 9.78 Å². The molecule has 0 bridgehead atoms. The first-order valence-corrected chi connectivity index (χ1v) is 6.42.